The van der Waals surface area contributed by atoms with Crippen LogP contribution in [0.5, 0.6) is 0 Å². The number of allylic oxidation sites excluding steroid dienone is 1. The number of halogens is 2. The summed E-state index contributed by atoms with van der Waals surface area (Å²) in [4.78, 5) is 13.3. The lowest BCUT2D eigenvalue weighted by molar-refractivity contribution is 0.108. The second-order valence-electron chi connectivity index (χ2n) is 5.40. The zero-order valence-corrected chi connectivity index (χ0v) is 12.5. The van der Waals surface area contributed by atoms with Crippen molar-refractivity contribution in [2.45, 2.75) is 20.8 Å². The largest absolute Gasteiger partial charge is 0.475 e. The number of carbonyl (C=O) groups excluding carboxylic acids is 1. The van der Waals surface area contributed by atoms with Gasteiger partial charge in [-0.05, 0) is 23.7 Å². The minimum absolute atomic E-state index is 0.0961. The molecule has 0 spiro atoms. The van der Waals surface area contributed by atoms with Crippen molar-refractivity contribution in [3.8, 4) is 0 Å². The smallest absolute Gasteiger partial charge is 0.254 e. The van der Waals surface area contributed by atoms with Gasteiger partial charge >= 0.3 is 0 Å². The molecule has 102 valence electrons. The summed E-state index contributed by atoms with van der Waals surface area (Å²) >= 11 is 11.8. The summed E-state index contributed by atoms with van der Waals surface area (Å²) in [5, 5.41) is -0.0587. The highest BCUT2D eigenvalue weighted by atomic mass is 35.5. The zero-order valence-electron chi connectivity index (χ0n) is 11.0. The Morgan fingerprint density at radius 1 is 1.37 bits per heavy atom. The Balaban J connectivity index is 2.45. The molecule has 0 saturated heterocycles. The van der Waals surface area contributed by atoms with Gasteiger partial charge in [0.15, 0.2) is 6.73 Å². The summed E-state index contributed by atoms with van der Waals surface area (Å²) < 4.78 is 5.65. The molecule has 0 N–H and O–H groups in total. The fraction of sp³-hybridized carbons (Fsp3) is 0.357. The van der Waals surface area contributed by atoms with Crippen molar-refractivity contribution >= 4 is 34.1 Å². The molecule has 0 radical (unpaired) electrons. The maximum absolute atomic E-state index is 11.5. The van der Waals surface area contributed by atoms with E-state index in [1.807, 2.05) is 6.20 Å². The van der Waals surface area contributed by atoms with E-state index in [0.29, 0.717) is 23.0 Å². The predicted molar refractivity (Wildman–Crippen MR) is 77.6 cm³/mol. The number of carbonyl (C=O) groups is 1. The number of anilines is 1. The topological polar surface area (TPSA) is 29.5 Å². The third kappa shape index (κ3) is 2.88. The molecule has 0 aliphatic carbocycles. The summed E-state index contributed by atoms with van der Waals surface area (Å²) in [5.74, 6) is 0.848. The first kappa shape index (κ1) is 14.2. The van der Waals surface area contributed by atoms with Crippen LogP contribution in [0.3, 0.4) is 0 Å². The molecule has 0 amide bonds. The molecule has 0 aromatic heterocycles. The first-order valence-electron chi connectivity index (χ1n) is 5.91. The van der Waals surface area contributed by atoms with Crippen LogP contribution in [0.15, 0.2) is 30.2 Å². The van der Waals surface area contributed by atoms with Gasteiger partial charge in [0.05, 0.1) is 16.3 Å². The van der Waals surface area contributed by atoms with Gasteiger partial charge in [-0.1, -0.05) is 38.4 Å². The first-order chi connectivity index (χ1) is 8.80. The van der Waals surface area contributed by atoms with Crippen molar-refractivity contribution in [1.29, 1.82) is 0 Å². The second-order valence-corrected chi connectivity index (χ2v) is 6.15. The number of hydrogen-bond donors (Lipinski definition) is 0. The molecule has 5 heteroatoms. The van der Waals surface area contributed by atoms with E-state index >= 15 is 0 Å². The summed E-state index contributed by atoms with van der Waals surface area (Å²) in [6, 6.07) is 5.08. The number of ether oxygens (including phenoxy) is 1. The van der Waals surface area contributed by atoms with Crippen LogP contribution in [-0.2, 0) is 4.74 Å². The second kappa shape index (κ2) is 5.06. The van der Waals surface area contributed by atoms with Gasteiger partial charge in [0.2, 0.25) is 0 Å². The standard InChI is InChI=1S/C14H15Cl2NO2/c1-14(2,3)11-7-17(8-19-11)12-9(13(16)18)5-4-6-10(12)15/h4-7H,8H2,1-3H3. The van der Waals surface area contributed by atoms with Crippen molar-refractivity contribution in [1.82, 2.24) is 0 Å². The number of nitrogens with zero attached hydrogens (tertiary/aromatic N) is 1. The number of benzene rings is 1. The molecule has 2 rings (SSSR count). The molecular formula is C14H15Cl2NO2. The van der Waals surface area contributed by atoms with Crippen LogP contribution in [0.2, 0.25) is 5.02 Å². The Hall–Kier alpha value is -1.19. The lowest BCUT2D eigenvalue weighted by Crippen LogP contribution is -2.16. The Morgan fingerprint density at radius 2 is 2.05 bits per heavy atom. The number of rotatable bonds is 2. The fourth-order valence-corrected chi connectivity index (χ4v) is 2.30. The number of para-hydroxylation sites is 1. The third-order valence-electron chi connectivity index (χ3n) is 2.86. The van der Waals surface area contributed by atoms with Gasteiger partial charge in [-0.2, -0.15) is 0 Å². The third-order valence-corrected chi connectivity index (χ3v) is 3.37. The van der Waals surface area contributed by atoms with Gasteiger partial charge in [-0.25, -0.2) is 0 Å². The molecule has 0 bridgehead atoms. The highest BCUT2D eigenvalue weighted by Gasteiger charge is 2.28. The van der Waals surface area contributed by atoms with E-state index in [1.54, 1.807) is 23.1 Å². The van der Waals surface area contributed by atoms with E-state index in [9.17, 15) is 4.79 Å². The zero-order chi connectivity index (χ0) is 14.2. The van der Waals surface area contributed by atoms with E-state index in [2.05, 4.69) is 20.8 Å². The van der Waals surface area contributed by atoms with E-state index in [1.165, 1.54) is 0 Å². The summed E-state index contributed by atoms with van der Waals surface area (Å²) in [5.41, 5.74) is 0.869. The molecular weight excluding hydrogens is 285 g/mol. The Bertz CT molecular complexity index is 547. The van der Waals surface area contributed by atoms with Crippen molar-refractivity contribution in [2.24, 2.45) is 5.41 Å². The molecule has 0 atom stereocenters. The van der Waals surface area contributed by atoms with Gasteiger partial charge in [-0.15, -0.1) is 0 Å². The van der Waals surface area contributed by atoms with Crippen LogP contribution in [0.4, 0.5) is 5.69 Å². The van der Waals surface area contributed by atoms with Crippen molar-refractivity contribution in [3.63, 3.8) is 0 Å². The lowest BCUT2D eigenvalue weighted by atomic mass is 9.94. The molecule has 1 aliphatic rings. The molecule has 19 heavy (non-hydrogen) atoms. The maximum Gasteiger partial charge on any atom is 0.254 e. The monoisotopic (exact) mass is 299 g/mol. The van der Waals surface area contributed by atoms with Crippen LogP contribution in [0.25, 0.3) is 0 Å². The Morgan fingerprint density at radius 3 is 2.58 bits per heavy atom. The van der Waals surface area contributed by atoms with Crippen molar-refractivity contribution in [2.75, 3.05) is 11.6 Å². The SMILES string of the molecule is CC(C)(C)C1=CN(c2c(Cl)cccc2C(=O)Cl)CO1. The van der Waals surface area contributed by atoms with Crippen LogP contribution >= 0.6 is 23.2 Å². The normalized spacial score (nSPS) is 15.2. The molecule has 0 saturated carbocycles. The molecule has 1 aliphatic heterocycles. The average Bonchev–Trinajstić information content (AvgIpc) is 2.77. The van der Waals surface area contributed by atoms with Gasteiger partial charge in [-0.3, -0.25) is 4.79 Å². The molecule has 1 aromatic carbocycles. The highest BCUT2D eigenvalue weighted by Crippen LogP contribution is 2.37. The molecule has 1 heterocycles. The Labute approximate surface area is 122 Å². The number of hydrogen-bond acceptors (Lipinski definition) is 3. The predicted octanol–water partition coefficient (Wildman–Crippen LogP) is 4.40. The van der Waals surface area contributed by atoms with Gasteiger partial charge < -0.3 is 9.64 Å². The van der Waals surface area contributed by atoms with Gasteiger partial charge in [0.1, 0.15) is 5.76 Å². The van der Waals surface area contributed by atoms with Crippen molar-refractivity contribution < 1.29 is 9.53 Å². The molecule has 0 unspecified atom stereocenters. The summed E-state index contributed by atoms with van der Waals surface area (Å²) in [6.45, 7) is 6.50. The molecule has 1 aromatic rings. The first-order valence-corrected chi connectivity index (χ1v) is 6.66. The maximum atomic E-state index is 11.5. The van der Waals surface area contributed by atoms with E-state index in [4.69, 9.17) is 27.9 Å². The quantitative estimate of drug-likeness (QED) is 0.758. The minimum atomic E-state index is -0.532. The summed E-state index contributed by atoms with van der Waals surface area (Å²) in [6.07, 6.45) is 1.87. The van der Waals surface area contributed by atoms with Crippen molar-refractivity contribution in [3.05, 3.63) is 40.7 Å². The lowest BCUT2D eigenvalue weighted by Gasteiger charge is -2.18. The molecule has 0 fully saturated rings. The van der Waals surface area contributed by atoms with Gasteiger partial charge in [0.25, 0.3) is 5.24 Å². The minimum Gasteiger partial charge on any atom is -0.475 e. The van der Waals surface area contributed by atoms with Crippen LogP contribution in [-0.4, -0.2) is 12.0 Å². The van der Waals surface area contributed by atoms with E-state index in [-0.39, 0.29) is 5.41 Å². The van der Waals surface area contributed by atoms with E-state index < -0.39 is 5.24 Å². The van der Waals surface area contributed by atoms with Crippen LogP contribution in [0, 0.1) is 5.41 Å². The summed E-state index contributed by atoms with van der Waals surface area (Å²) in [7, 11) is 0. The Kier molecular flexibility index (Phi) is 3.79. The fourth-order valence-electron chi connectivity index (χ4n) is 1.86. The van der Waals surface area contributed by atoms with E-state index in [0.717, 1.165) is 5.76 Å². The molecule has 3 nitrogen and oxygen atoms in total. The van der Waals surface area contributed by atoms with Crippen LogP contribution in [0.1, 0.15) is 31.1 Å². The average molecular weight is 300 g/mol. The van der Waals surface area contributed by atoms with Crippen LogP contribution < -0.4 is 4.90 Å². The van der Waals surface area contributed by atoms with Gasteiger partial charge in [0, 0.05) is 11.6 Å². The highest BCUT2D eigenvalue weighted by molar-refractivity contribution is 6.68.